The largest absolute Gasteiger partial charge is 0.464 e. The van der Waals surface area contributed by atoms with Crippen LogP contribution in [0, 0.1) is 5.82 Å². The number of nitrogens with one attached hydrogen (secondary N) is 1. The number of rotatable bonds is 2. The highest BCUT2D eigenvalue weighted by Gasteiger charge is 2.33. The van der Waals surface area contributed by atoms with Crippen LogP contribution in [0.15, 0.2) is 30.5 Å². The molecule has 114 valence electrons. The number of carbonyl (C=O) groups excluding carboxylic acids is 1. The fourth-order valence-corrected chi connectivity index (χ4v) is 3.39. The average Bonchev–Trinajstić information content (AvgIpc) is 3.13. The number of cyclic esters (lactones) is 1. The van der Waals surface area contributed by atoms with Gasteiger partial charge in [0.1, 0.15) is 11.9 Å². The lowest BCUT2D eigenvalue weighted by Crippen LogP contribution is -2.41. The summed E-state index contributed by atoms with van der Waals surface area (Å²) in [4.78, 5) is 17.0. The fraction of sp³-hybridized carbons (Fsp3) is 0.353. The Bertz CT molecular complexity index is 765. The molecular weight excluding hydrogens is 283 g/mol. The van der Waals surface area contributed by atoms with Gasteiger partial charge in [0.2, 0.25) is 0 Å². The van der Waals surface area contributed by atoms with Gasteiger partial charge in [-0.05, 0) is 30.2 Å². The third kappa shape index (κ3) is 2.22. The first-order valence-corrected chi connectivity index (χ1v) is 7.59. The molecule has 0 bridgehead atoms. The van der Waals surface area contributed by atoms with Crippen LogP contribution in [-0.4, -0.2) is 41.6 Å². The van der Waals surface area contributed by atoms with Gasteiger partial charge in [0, 0.05) is 42.2 Å². The molecule has 1 N–H and O–H groups in total. The van der Waals surface area contributed by atoms with E-state index >= 15 is 0 Å². The minimum Gasteiger partial charge on any atom is -0.464 e. The maximum atomic E-state index is 13.3. The van der Waals surface area contributed by atoms with E-state index in [0.717, 1.165) is 42.4 Å². The zero-order valence-electron chi connectivity index (χ0n) is 12.1. The minimum absolute atomic E-state index is 0.0881. The monoisotopic (exact) mass is 300 g/mol. The van der Waals surface area contributed by atoms with Crippen LogP contribution in [0.2, 0.25) is 0 Å². The molecule has 3 heterocycles. The Labute approximate surface area is 127 Å². The molecule has 0 aliphatic carbocycles. The summed E-state index contributed by atoms with van der Waals surface area (Å²) in [5, 5.41) is 1.04. The highest BCUT2D eigenvalue weighted by atomic mass is 19.1. The average molecular weight is 300 g/mol. The van der Waals surface area contributed by atoms with Crippen molar-refractivity contribution < 1.29 is 13.9 Å². The molecule has 5 heteroatoms. The van der Waals surface area contributed by atoms with Gasteiger partial charge < -0.3 is 9.72 Å². The fourth-order valence-electron chi connectivity index (χ4n) is 3.39. The SMILES string of the molecule is O=C1OCC[C@H]1N1CC=C(c2c[nH]c3cc(F)ccc23)CC1. The number of esters is 1. The van der Waals surface area contributed by atoms with Crippen LogP contribution < -0.4 is 0 Å². The lowest BCUT2D eigenvalue weighted by Gasteiger charge is -2.29. The van der Waals surface area contributed by atoms with Gasteiger partial charge in [-0.25, -0.2) is 4.39 Å². The van der Waals surface area contributed by atoms with Crippen molar-refractivity contribution in [2.45, 2.75) is 18.9 Å². The molecule has 1 aromatic carbocycles. The summed E-state index contributed by atoms with van der Waals surface area (Å²) in [6, 6.07) is 4.74. The topological polar surface area (TPSA) is 45.3 Å². The first kappa shape index (κ1) is 13.5. The van der Waals surface area contributed by atoms with Gasteiger partial charge in [-0.2, -0.15) is 0 Å². The van der Waals surface area contributed by atoms with Gasteiger partial charge in [-0.1, -0.05) is 6.08 Å². The van der Waals surface area contributed by atoms with E-state index in [-0.39, 0.29) is 17.8 Å². The van der Waals surface area contributed by atoms with Crippen molar-refractivity contribution in [1.82, 2.24) is 9.88 Å². The molecule has 22 heavy (non-hydrogen) atoms. The van der Waals surface area contributed by atoms with Crippen LogP contribution in [0.25, 0.3) is 16.5 Å². The predicted molar refractivity (Wildman–Crippen MR) is 81.8 cm³/mol. The number of benzene rings is 1. The van der Waals surface area contributed by atoms with Crippen molar-refractivity contribution >= 4 is 22.4 Å². The smallest absolute Gasteiger partial charge is 0.323 e. The number of hydrogen-bond acceptors (Lipinski definition) is 3. The Hall–Kier alpha value is -2.14. The molecule has 4 rings (SSSR count). The summed E-state index contributed by atoms with van der Waals surface area (Å²) in [5.41, 5.74) is 3.20. The van der Waals surface area contributed by atoms with Crippen LogP contribution >= 0.6 is 0 Å². The number of carbonyl (C=O) groups is 1. The molecule has 0 radical (unpaired) electrons. The predicted octanol–water partition coefficient (Wildman–Crippen LogP) is 2.71. The lowest BCUT2D eigenvalue weighted by molar-refractivity contribution is -0.142. The standard InChI is InChI=1S/C17H17FN2O2/c18-12-1-2-13-14(10-19-15(13)9-12)11-3-6-20(7-4-11)16-5-8-22-17(16)21/h1-3,9-10,16,19H,4-8H2/t16-/m1/s1. The van der Waals surface area contributed by atoms with Crippen molar-refractivity contribution in [3.8, 4) is 0 Å². The molecule has 0 saturated carbocycles. The van der Waals surface area contributed by atoms with E-state index in [9.17, 15) is 9.18 Å². The summed E-state index contributed by atoms with van der Waals surface area (Å²) in [6.07, 6.45) is 5.78. The van der Waals surface area contributed by atoms with Gasteiger partial charge >= 0.3 is 5.97 Å². The van der Waals surface area contributed by atoms with Gasteiger partial charge in [0.25, 0.3) is 0 Å². The van der Waals surface area contributed by atoms with Crippen LogP contribution in [0.1, 0.15) is 18.4 Å². The molecule has 2 aromatic rings. The van der Waals surface area contributed by atoms with Gasteiger partial charge in [-0.15, -0.1) is 0 Å². The number of fused-ring (bicyclic) bond motifs is 1. The number of ether oxygens (including phenoxy) is 1. The van der Waals surface area contributed by atoms with Crippen molar-refractivity contribution in [3.05, 3.63) is 41.9 Å². The number of H-pyrrole nitrogens is 1. The van der Waals surface area contributed by atoms with E-state index in [2.05, 4.69) is 16.0 Å². The van der Waals surface area contributed by atoms with E-state index in [1.54, 1.807) is 0 Å². The molecule has 1 atom stereocenters. The molecular formula is C17H17FN2O2. The maximum absolute atomic E-state index is 13.3. The van der Waals surface area contributed by atoms with Crippen molar-refractivity contribution in [2.75, 3.05) is 19.7 Å². The quantitative estimate of drug-likeness (QED) is 0.867. The summed E-state index contributed by atoms with van der Waals surface area (Å²) in [5.74, 6) is -0.330. The third-order valence-corrected chi connectivity index (χ3v) is 4.58. The van der Waals surface area contributed by atoms with Crippen molar-refractivity contribution in [2.24, 2.45) is 0 Å². The van der Waals surface area contributed by atoms with Gasteiger partial charge in [0.05, 0.1) is 6.61 Å². The zero-order chi connectivity index (χ0) is 15.1. The van der Waals surface area contributed by atoms with Crippen LogP contribution in [-0.2, 0) is 9.53 Å². The van der Waals surface area contributed by atoms with Gasteiger partial charge in [0.15, 0.2) is 0 Å². The summed E-state index contributed by atoms with van der Waals surface area (Å²) < 4.78 is 18.3. The minimum atomic E-state index is -0.232. The number of hydrogen-bond donors (Lipinski definition) is 1. The molecule has 0 spiro atoms. The van der Waals surface area contributed by atoms with Crippen LogP contribution in [0.4, 0.5) is 4.39 Å². The first-order valence-electron chi connectivity index (χ1n) is 7.59. The highest BCUT2D eigenvalue weighted by Crippen LogP contribution is 2.30. The van der Waals surface area contributed by atoms with Crippen molar-refractivity contribution in [1.29, 1.82) is 0 Å². The Morgan fingerprint density at radius 3 is 3.00 bits per heavy atom. The molecule has 1 fully saturated rings. The second kappa shape index (κ2) is 5.25. The molecule has 4 nitrogen and oxygen atoms in total. The van der Waals surface area contributed by atoms with E-state index in [1.807, 2.05) is 12.3 Å². The maximum Gasteiger partial charge on any atom is 0.323 e. The van der Waals surface area contributed by atoms with Crippen LogP contribution in [0.5, 0.6) is 0 Å². The lowest BCUT2D eigenvalue weighted by atomic mass is 9.98. The molecule has 0 amide bonds. The van der Waals surface area contributed by atoms with Gasteiger partial charge in [-0.3, -0.25) is 9.69 Å². The first-order chi connectivity index (χ1) is 10.7. The van der Waals surface area contributed by atoms with E-state index in [1.165, 1.54) is 17.7 Å². The van der Waals surface area contributed by atoms with E-state index < -0.39 is 0 Å². The zero-order valence-corrected chi connectivity index (χ0v) is 12.1. The Balaban J connectivity index is 1.58. The Morgan fingerprint density at radius 2 is 2.27 bits per heavy atom. The number of aromatic nitrogens is 1. The second-order valence-electron chi connectivity index (χ2n) is 5.84. The summed E-state index contributed by atoms with van der Waals surface area (Å²) >= 11 is 0. The molecule has 1 aromatic heterocycles. The van der Waals surface area contributed by atoms with Crippen molar-refractivity contribution in [3.63, 3.8) is 0 Å². The molecule has 0 unspecified atom stereocenters. The number of halogens is 1. The second-order valence-corrected chi connectivity index (χ2v) is 5.84. The molecule has 1 saturated heterocycles. The van der Waals surface area contributed by atoms with Crippen LogP contribution in [0.3, 0.4) is 0 Å². The Kier molecular flexibility index (Phi) is 3.22. The van der Waals surface area contributed by atoms with E-state index in [0.29, 0.717) is 6.61 Å². The normalized spacial score (nSPS) is 22.9. The Morgan fingerprint density at radius 1 is 1.36 bits per heavy atom. The number of nitrogens with zero attached hydrogens (tertiary/aromatic N) is 1. The third-order valence-electron chi connectivity index (χ3n) is 4.58. The number of aromatic amines is 1. The molecule has 2 aliphatic rings. The summed E-state index contributed by atoms with van der Waals surface area (Å²) in [6.45, 7) is 2.13. The highest BCUT2D eigenvalue weighted by molar-refractivity contribution is 5.92. The molecule has 2 aliphatic heterocycles. The van der Waals surface area contributed by atoms with E-state index in [4.69, 9.17) is 4.74 Å². The summed E-state index contributed by atoms with van der Waals surface area (Å²) in [7, 11) is 0.